The lowest BCUT2D eigenvalue weighted by molar-refractivity contribution is -0.0683. The van der Waals surface area contributed by atoms with Crippen LogP contribution in [-0.2, 0) is 5.54 Å². The molecule has 1 heterocycles. The van der Waals surface area contributed by atoms with Gasteiger partial charge < -0.3 is 10.3 Å². The standard InChI is InChI=1S/C16H16F3N3O/c17-16(18,19)12(11-6-2-1-3-7-11)10-13-21-14(22-23-13)15(20)8-4-5-9-15/h1-3,6-7,10H,4-5,8-9,20H2/b12-10-. The fourth-order valence-corrected chi connectivity index (χ4v) is 2.80. The van der Waals surface area contributed by atoms with Crippen molar-refractivity contribution in [1.82, 2.24) is 10.1 Å². The number of rotatable bonds is 3. The molecule has 1 saturated carbocycles. The van der Waals surface area contributed by atoms with Crippen molar-refractivity contribution in [2.45, 2.75) is 37.4 Å². The molecule has 1 aliphatic rings. The molecular formula is C16H16F3N3O. The predicted molar refractivity (Wildman–Crippen MR) is 79.0 cm³/mol. The van der Waals surface area contributed by atoms with E-state index in [9.17, 15) is 13.2 Å². The van der Waals surface area contributed by atoms with Gasteiger partial charge in [0.2, 0.25) is 0 Å². The van der Waals surface area contributed by atoms with Crippen LogP contribution >= 0.6 is 0 Å². The Kier molecular flexibility index (Phi) is 3.97. The first kappa shape index (κ1) is 15.7. The number of hydrogen-bond donors (Lipinski definition) is 1. The molecule has 2 N–H and O–H groups in total. The highest BCUT2D eigenvalue weighted by Gasteiger charge is 2.37. The average Bonchev–Trinajstić information content (AvgIpc) is 3.14. The van der Waals surface area contributed by atoms with Crippen LogP contribution in [0.15, 0.2) is 34.9 Å². The van der Waals surface area contributed by atoms with Crippen LogP contribution in [0.1, 0.15) is 43.0 Å². The van der Waals surface area contributed by atoms with Gasteiger partial charge in [-0.2, -0.15) is 18.2 Å². The van der Waals surface area contributed by atoms with Crippen LogP contribution in [0.2, 0.25) is 0 Å². The number of hydrogen-bond acceptors (Lipinski definition) is 4. The van der Waals surface area contributed by atoms with Gasteiger partial charge in [-0.1, -0.05) is 48.3 Å². The number of nitrogens with two attached hydrogens (primary N) is 1. The molecule has 0 bridgehead atoms. The summed E-state index contributed by atoms with van der Waals surface area (Å²) in [6.45, 7) is 0. The number of alkyl halides is 3. The third-order valence-corrected chi connectivity index (χ3v) is 4.04. The number of aromatic nitrogens is 2. The van der Waals surface area contributed by atoms with Gasteiger partial charge in [-0.3, -0.25) is 0 Å². The number of allylic oxidation sites excluding steroid dienone is 1. The van der Waals surface area contributed by atoms with Crippen LogP contribution in [0.5, 0.6) is 0 Å². The average molecular weight is 323 g/mol. The molecule has 3 rings (SSSR count). The van der Waals surface area contributed by atoms with E-state index < -0.39 is 17.3 Å². The Morgan fingerprint density at radius 3 is 2.43 bits per heavy atom. The van der Waals surface area contributed by atoms with Gasteiger partial charge in [-0.25, -0.2) is 0 Å². The fraction of sp³-hybridized carbons (Fsp3) is 0.375. The molecule has 0 spiro atoms. The molecule has 7 heteroatoms. The summed E-state index contributed by atoms with van der Waals surface area (Å²) in [5.74, 6) is 0.0868. The zero-order valence-electron chi connectivity index (χ0n) is 12.3. The van der Waals surface area contributed by atoms with Crippen LogP contribution in [0.4, 0.5) is 13.2 Å². The normalized spacial score (nSPS) is 18.3. The quantitative estimate of drug-likeness (QED) is 0.930. The smallest absolute Gasteiger partial charge is 0.335 e. The van der Waals surface area contributed by atoms with Gasteiger partial charge in [0, 0.05) is 6.08 Å². The lowest BCUT2D eigenvalue weighted by Crippen LogP contribution is -2.34. The lowest BCUT2D eigenvalue weighted by atomic mass is 9.99. The van der Waals surface area contributed by atoms with E-state index in [0.29, 0.717) is 12.8 Å². The van der Waals surface area contributed by atoms with E-state index in [2.05, 4.69) is 10.1 Å². The van der Waals surface area contributed by atoms with E-state index in [-0.39, 0.29) is 17.3 Å². The monoisotopic (exact) mass is 323 g/mol. The molecule has 0 radical (unpaired) electrons. The van der Waals surface area contributed by atoms with Gasteiger partial charge in [-0.05, 0) is 18.4 Å². The van der Waals surface area contributed by atoms with E-state index >= 15 is 0 Å². The Balaban J connectivity index is 1.96. The fourth-order valence-electron chi connectivity index (χ4n) is 2.80. The molecule has 23 heavy (non-hydrogen) atoms. The SMILES string of the molecule is NC1(c2noc(/C=C(/c3ccccc3)C(F)(F)F)n2)CCCC1. The van der Waals surface area contributed by atoms with Crippen molar-refractivity contribution in [3.05, 3.63) is 47.6 Å². The van der Waals surface area contributed by atoms with Crippen molar-refractivity contribution in [3.8, 4) is 0 Å². The summed E-state index contributed by atoms with van der Waals surface area (Å²) in [6.07, 6.45) is -0.336. The maximum atomic E-state index is 13.3. The van der Waals surface area contributed by atoms with Crippen LogP contribution in [-0.4, -0.2) is 16.3 Å². The van der Waals surface area contributed by atoms with Crippen LogP contribution in [0, 0.1) is 0 Å². The highest BCUT2D eigenvalue weighted by molar-refractivity contribution is 5.82. The van der Waals surface area contributed by atoms with Crippen molar-refractivity contribution in [1.29, 1.82) is 0 Å². The predicted octanol–water partition coefficient (Wildman–Crippen LogP) is 3.90. The summed E-state index contributed by atoms with van der Waals surface area (Å²) in [5, 5.41) is 3.78. The van der Waals surface area contributed by atoms with Crippen molar-refractivity contribution in [3.63, 3.8) is 0 Å². The highest BCUT2D eigenvalue weighted by Crippen LogP contribution is 2.37. The second kappa shape index (κ2) is 5.81. The molecule has 0 unspecified atom stereocenters. The largest absolute Gasteiger partial charge is 0.417 e. The molecular weight excluding hydrogens is 307 g/mol. The molecule has 1 aromatic heterocycles. The third-order valence-electron chi connectivity index (χ3n) is 4.04. The van der Waals surface area contributed by atoms with Gasteiger partial charge in [0.25, 0.3) is 5.89 Å². The summed E-state index contributed by atoms with van der Waals surface area (Å²) >= 11 is 0. The minimum absolute atomic E-state index is 0.0445. The number of nitrogens with zero attached hydrogens (tertiary/aromatic N) is 2. The van der Waals surface area contributed by atoms with Crippen molar-refractivity contribution < 1.29 is 17.7 Å². The zero-order chi connectivity index (χ0) is 16.5. The molecule has 0 aliphatic heterocycles. The van der Waals surface area contributed by atoms with Crippen LogP contribution in [0.3, 0.4) is 0 Å². The lowest BCUT2D eigenvalue weighted by Gasteiger charge is -2.17. The molecule has 4 nitrogen and oxygen atoms in total. The Hall–Kier alpha value is -2.15. The maximum absolute atomic E-state index is 13.3. The van der Waals surface area contributed by atoms with E-state index in [0.717, 1.165) is 18.9 Å². The first-order valence-corrected chi connectivity index (χ1v) is 7.36. The summed E-state index contributed by atoms with van der Waals surface area (Å²) < 4.78 is 44.8. The summed E-state index contributed by atoms with van der Waals surface area (Å²) in [7, 11) is 0. The minimum atomic E-state index is -4.52. The topological polar surface area (TPSA) is 64.9 Å². The van der Waals surface area contributed by atoms with E-state index in [1.165, 1.54) is 12.1 Å². The third kappa shape index (κ3) is 3.29. The van der Waals surface area contributed by atoms with Gasteiger partial charge in [0.05, 0.1) is 11.1 Å². The van der Waals surface area contributed by atoms with E-state index in [1.54, 1.807) is 18.2 Å². The highest BCUT2D eigenvalue weighted by atomic mass is 19.4. The van der Waals surface area contributed by atoms with Gasteiger partial charge in [0.1, 0.15) is 0 Å². The van der Waals surface area contributed by atoms with Crippen LogP contribution in [0.25, 0.3) is 11.6 Å². The summed E-state index contributed by atoms with van der Waals surface area (Å²) in [5.41, 5.74) is 4.72. The second-order valence-electron chi connectivity index (χ2n) is 5.74. The van der Waals surface area contributed by atoms with Crippen molar-refractivity contribution in [2.24, 2.45) is 5.73 Å². The molecule has 0 amide bonds. The van der Waals surface area contributed by atoms with Crippen LogP contribution < -0.4 is 5.73 Å². The minimum Gasteiger partial charge on any atom is -0.335 e. The second-order valence-corrected chi connectivity index (χ2v) is 5.74. The molecule has 1 aromatic carbocycles. The van der Waals surface area contributed by atoms with Gasteiger partial charge in [-0.15, -0.1) is 0 Å². The first-order valence-electron chi connectivity index (χ1n) is 7.36. The summed E-state index contributed by atoms with van der Waals surface area (Å²) in [6, 6.07) is 7.51. The van der Waals surface area contributed by atoms with E-state index in [4.69, 9.17) is 10.3 Å². The first-order chi connectivity index (χ1) is 10.9. The Morgan fingerprint density at radius 2 is 1.83 bits per heavy atom. The molecule has 0 saturated heterocycles. The van der Waals surface area contributed by atoms with Crippen molar-refractivity contribution >= 4 is 11.6 Å². The molecule has 1 aliphatic carbocycles. The van der Waals surface area contributed by atoms with Crippen molar-refractivity contribution in [2.75, 3.05) is 0 Å². The van der Waals surface area contributed by atoms with Gasteiger partial charge in [0.15, 0.2) is 5.82 Å². The molecule has 122 valence electrons. The molecule has 0 atom stereocenters. The maximum Gasteiger partial charge on any atom is 0.417 e. The zero-order valence-corrected chi connectivity index (χ0v) is 12.3. The van der Waals surface area contributed by atoms with E-state index in [1.807, 2.05) is 0 Å². The Bertz CT molecular complexity index is 701. The number of halogens is 3. The van der Waals surface area contributed by atoms with Gasteiger partial charge >= 0.3 is 6.18 Å². The molecule has 1 fully saturated rings. The summed E-state index contributed by atoms with van der Waals surface area (Å²) in [4.78, 5) is 4.06. The molecule has 2 aromatic rings. The Labute approximate surface area is 131 Å². The number of benzene rings is 1. The Morgan fingerprint density at radius 1 is 1.17 bits per heavy atom.